The number of pyridine rings is 1. The van der Waals surface area contributed by atoms with Crippen LogP contribution in [0, 0.1) is 12.7 Å². The molecule has 7 nitrogen and oxygen atoms in total. The lowest BCUT2D eigenvalue weighted by atomic mass is 9.91. The topological polar surface area (TPSA) is 70.7 Å². The third-order valence-electron chi connectivity index (χ3n) is 5.62. The molecule has 0 spiro atoms. The zero-order chi connectivity index (χ0) is 22.1. The number of methoxy groups -OCH3 is 1. The van der Waals surface area contributed by atoms with Crippen LogP contribution in [-0.4, -0.2) is 36.4 Å². The van der Waals surface area contributed by atoms with Crippen LogP contribution in [0.15, 0.2) is 48.9 Å². The van der Waals surface area contributed by atoms with E-state index in [-0.39, 0.29) is 11.7 Å². The molecule has 1 aliphatic rings. The summed E-state index contributed by atoms with van der Waals surface area (Å²) < 4.78 is 23.6. The van der Waals surface area contributed by atoms with Gasteiger partial charge in [-0.3, -0.25) is 0 Å². The van der Waals surface area contributed by atoms with Gasteiger partial charge in [-0.2, -0.15) is 5.10 Å². The van der Waals surface area contributed by atoms with E-state index in [1.807, 2.05) is 58.8 Å². The Balaban J connectivity index is 1.42. The van der Waals surface area contributed by atoms with E-state index in [1.165, 1.54) is 6.07 Å². The lowest BCUT2D eigenvalue weighted by Gasteiger charge is -2.22. The molecule has 5 rings (SSSR count). The van der Waals surface area contributed by atoms with Gasteiger partial charge in [0.05, 0.1) is 24.8 Å². The van der Waals surface area contributed by atoms with Crippen LogP contribution in [0.1, 0.15) is 47.4 Å². The number of benzene rings is 1. The first-order chi connectivity index (χ1) is 15.6. The van der Waals surface area contributed by atoms with Crippen molar-refractivity contribution >= 4 is 12.2 Å². The third kappa shape index (κ3) is 3.79. The molecule has 1 aromatic carbocycles. The van der Waals surface area contributed by atoms with Crippen molar-refractivity contribution in [1.82, 2.24) is 29.3 Å². The molecular weight excluding hydrogens is 407 g/mol. The van der Waals surface area contributed by atoms with Crippen LogP contribution in [-0.2, 0) is 6.54 Å². The maximum absolute atomic E-state index is 14.4. The number of rotatable bonds is 5. The second-order valence-electron chi connectivity index (χ2n) is 7.79. The summed E-state index contributed by atoms with van der Waals surface area (Å²) in [5.74, 6) is 1.60. The standard InChI is InChI=1S/C24H23FN6O/c1-16-14-30(15-26-16)21-11-9-17(27-24(21)32-2)10-12-22-28-23-19(7-5-13-31(23)29-22)18-6-3-4-8-20(18)25/h3-4,6,8-12,14-15,19H,5,7,13H2,1-2H3/b12-10+/t19-/m0/s1. The number of ether oxygens (including phenoxy) is 1. The minimum absolute atomic E-state index is 0.0873. The second-order valence-corrected chi connectivity index (χ2v) is 7.79. The molecule has 0 bridgehead atoms. The van der Waals surface area contributed by atoms with E-state index in [2.05, 4.69) is 15.1 Å². The highest BCUT2D eigenvalue weighted by Gasteiger charge is 2.27. The minimum Gasteiger partial charge on any atom is -0.479 e. The number of fused-ring (bicyclic) bond motifs is 1. The molecule has 4 aromatic rings. The van der Waals surface area contributed by atoms with Crippen LogP contribution >= 0.6 is 0 Å². The molecule has 3 aromatic heterocycles. The fraction of sp³-hybridized carbons (Fsp3) is 0.250. The van der Waals surface area contributed by atoms with Crippen LogP contribution in [0.4, 0.5) is 4.39 Å². The Hall–Kier alpha value is -3.81. The SMILES string of the molecule is COc1nc(/C=C/c2nc3n(n2)CCC[C@H]3c2ccccc2F)ccc1-n1cnc(C)c1. The van der Waals surface area contributed by atoms with Gasteiger partial charge in [0.2, 0.25) is 5.88 Å². The lowest BCUT2D eigenvalue weighted by Crippen LogP contribution is -2.18. The first-order valence-electron chi connectivity index (χ1n) is 10.6. The summed E-state index contributed by atoms with van der Waals surface area (Å²) in [5, 5.41) is 4.61. The molecule has 8 heteroatoms. The van der Waals surface area contributed by atoms with Crippen molar-refractivity contribution in [3.05, 3.63) is 83.3 Å². The molecule has 0 aliphatic carbocycles. The molecule has 0 amide bonds. The average molecular weight is 430 g/mol. The predicted octanol–water partition coefficient (Wildman–Crippen LogP) is 4.41. The van der Waals surface area contributed by atoms with Gasteiger partial charge in [0.15, 0.2) is 5.82 Å². The van der Waals surface area contributed by atoms with E-state index in [0.717, 1.165) is 42.3 Å². The van der Waals surface area contributed by atoms with E-state index < -0.39 is 0 Å². The Labute approximate surface area is 185 Å². The van der Waals surface area contributed by atoms with Crippen LogP contribution < -0.4 is 4.74 Å². The van der Waals surface area contributed by atoms with Crippen molar-refractivity contribution in [2.75, 3.05) is 7.11 Å². The van der Waals surface area contributed by atoms with Crippen molar-refractivity contribution < 1.29 is 9.13 Å². The highest BCUT2D eigenvalue weighted by atomic mass is 19.1. The fourth-order valence-electron chi connectivity index (χ4n) is 4.09. The summed E-state index contributed by atoms with van der Waals surface area (Å²) in [6, 6.07) is 10.7. The highest BCUT2D eigenvalue weighted by Crippen LogP contribution is 2.33. The predicted molar refractivity (Wildman–Crippen MR) is 119 cm³/mol. The molecule has 0 unspecified atom stereocenters. The van der Waals surface area contributed by atoms with Crippen molar-refractivity contribution in [3.63, 3.8) is 0 Å². The van der Waals surface area contributed by atoms with Crippen LogP contribution in [0.3, 0.4) is 0 Å². The van der Waals surface area contributed by atoms with Crippen molar-refractivity contribution in [2.24, 2.45) is 0 Å². The summed E-state index contributed by atoms with van der Waals surface area (Å²) in [4.78, 5) is 13.5. The van der Waals surface area contributed by atoms with Gasteiger partial charge < -0.3 is 9.30 Å². The fourth-order valence-corrected chi connectivity index (χ4v) is 4.09. The Morgan fingerprint density at radius 3 is 2.78 bits per heavy atom. The van der Waals surface area contributed by atoms with E-state index in [4.69, 9.17) is 9.72 Å². The van der Waals surface area contributed by atoms with E-state index in [1.54, 1.807) is 19.5 Å². The van der Waals surface area contributed by atoms with Crippen molar-refractivity contribution in [2.45, 2.75) is 32.2 Å². The molecule has 0 radical (unpaired) electrons. The highest BCUT2D eigenvalue weighted by molar-refractivity contribution is 5.65. The largest absolute Gasteiger partial charge is 0.479 e. The Morgan fingerprint density at radius 1 is 1.12 bits per heavy atom. The smallest absolute Gasteiger partial charge is 0.238 e. The quantitative estimate of drug-likeness (QED) is 0.469. The van der Waals surface area contributed by atoms with Gasteiger partial charge in [0, 0.05) is 18.7 Å². The molecule has 0 saturated carbocycles. The monoisotopic (exact) mass is 430 g/mol. The van der Waals surface area contributed by atoms with Gasteiger partial charge in [0.25, 0.3) is 0 Å². The molecule has 162 valence electrons. The summed E-state index contributed by atoms with van der Waals surface area (Å²) in [6.45, 7) is 2.72. The first kappa shape index (κ1) is 20.1. The minimum atomic E-state index is -0.199. The van der Waals surface area contributed by atoms with Crippen molar-refractivity contribution in [3.8, 4) is 11.6 Å². The Kier molecular flexibility index (Phi) is 5.26. The zero-order valence-electron chi connectivity index (χ0n) is 17.9. The number of halogens is 1. The van der Waals surface area contributed by atoms with E-state index >= 15 is 0 Å². The van der Waals surface area contributed by atoms with Gasteiger partial charge in [-0.05, 0) is 55.7 Å². The molecule has 0 saturated heterocycles. The number of hydrogen-bond donors (Lipinski definition) is 0. The van der Waals surface area contributed by atoms with Crippen LogP contribution in [0.5, 0.6) is 5.88 Å². The molecule has 1 aliphatic heterocycles. The number of aryl methyl sites for hydroxylation is 2. The lowest BCUT2D eigenvalue weighted by molar-refractivity contribution is 0.395. The number of nitrogens with zero attached hydrogens (tertiary/aromatic N) is 6. The molecule has 0 N–H and O–H groups in total. The zero-order valence-corrected chi connectivity index (χ0v) is 17.9. The summed E-state index contributed by atoms with van der Waals surface area (Å²) >= 11 is 0. The van der Waals surface area contributed by atoms with Crippen molar-refractivity contribution in [1.29, 1.82) is 0 Å². The first-order valence-corrected chi connectivity index (χ1v) is 10.6. The Morgan fingerprint density at radius 2 is 2.00 bits per heavy atom. The summed E-state index contributed by atoms with van der Waals surface area (Å²) in [7, 11) is 1.59. The van der Waals surface area contributed by atoms with Crippen LogP contribution in [0.2, 0.25) is 0 Å². The maximum Gasteiger partial charge on any atom is 0.238 e. The summed E-state index contributed by atoms with van der Waals surface area (Å²) in [6.07, 6.45) is 9.12. The number of imidazole rings is 1. The molecule has 1 atom stereocenters. The summed E-state index contributed by atoms with van der Waals surface area (Å²) in [5.41, 5.74) is 3.13. The van der Waals surface area contributed by atoms with E-state index in [9.17, 15) is 4.39 Å². The number of hydrogen-bond acceptors (Lipinski definition) is 5. The normalized spacial score (nSPS) is 15.8. The average Bonchev–Trinajstić information content (AvgIpc) is 3.43. The van der Waals surface area contributed by atoms with Gasteiger partial charge in [-0.25, -0.2) is 24.0 Å². The van der Waals surface area contributed by atoms with E-state index in [0.29, 0.717) is 17.3 Å². The second kappa shape index (κ2) is 8.37. The molecule has 0 fully saturated rings. The van der Waals surface area contributed by atoms with Gasteiger partial charge in [-0.15, -0.1) is 0 Å². The molecular formula is C24H23FN6O. The van der Waals surface area contributed by atoms with Gasteiger partial charge in [-0.1, -0.05) is 18.2 Å². The molecule has 4 heterocycles. The maximum atomic E-state index is 14.4. The Bertz CT molecular complexity index is 1290. The third-order valence-corrected chi connectivity index (χ3v) is 5.62. The van der Waals surface area contributed by atoms with Crippen LogP contribution in [0.25, 0.3) is 17.8 Å². The molecule has 32 heavy (non-hydrogen) atoms. The van der Waals surface area contributed by atoms with Gasteiger partial charge in [0.1, 0.15) is 17.3 Å². The number of aromatic nitrogens is 6. The van der Waals surface area contributed by atoms with Gasteiger partial charge >= 0.3 is 0 Å².